The first-order valence-electron chi connectivity index (χ1n) is 6.39. The number of hydrogen-bond donors (Lipinski definition) is 0. The zero-order chi connectivity index (χ0) is 16.3. The van der Waals surface area contributed by atoms with Crippen molar-refractivity contribution in [3.05, 3.63) is 45.4 Å². The molecule has 2 rings (SSSR count). The minimum Gasteiger partial charge on any atom is -0.611 e. The van der Waals surface area contributed by atoms with Crippen LogP contribution in [0.25, 0.3) is 0 Å². The van der Waals surface area contributed by atoms with Crippen LogP contribution in [0.15, 0.2) is 29.3 Å². The van der Waals surface area contributed by atoms with E-state index in [0.717, 1.165) is 0 Å². The first-order valence-corrected chi connectivity index (χ1v) is 8.09. The van der Waals surface area contributed by atoms with Gasteiger partial charge in [-0.1, -0.05) is 11.6 Å². The zero-order valence-corrected chi connectivity index (χ0v) is 13.6. The molecule has 118 valence electrons. The lowest BCUT2D eigenvalue weighted by atomic mass is 10.3. The fourth-order valence-corrected chi connectivity index (χ4v) is 3.04. The maximum Gasteiger partial charge on any atom is 0.342 e. The molecule has 1 unspecified atom stereocenters. The Morgan fingerprint density at radius 3 is 2.77 bits per heavy atom. The van der Waals surface area contributed by atoms with Gasteiger partial charge in [0.1, 0.15) is 17.7 Å². The second kappa shape index (κ2) is 6.99. The summed E-state index contributed by atoms with van der Waals surface area (Å²) in [6, 6.07) is 4.88. The second-order valence-electron chi connectivity index (χ2n) is 4.36. The number of benzene rings is 1. The van der Waals surface area contributed by atoms with E-state index >= 15 is 0 Å². The summed E-state index contributed by atoms with van der Waals surface area (Å²) in [7, 11) is 1.55. The summed E-state index contributed by atoms with van der Waals surface area (Å²) < 4.78 is 18.6. The molecule has 1 atom stereocenters. The standard InChI is InChI=1S/C13H14ClN3O4S/c1-3-22(20)11-5-4-9(6-10(11)14)21-8-12-15-7-13(16(12)2)17(18)19/h4-7H,3,8H2,1-2H3. The third-order valence-corrected chi connectivity index (χ3v) is 4.82. The van der Waals surface area contributed by atoms with E-state index in [1.807, 2.05) is 6.92 Å². The predicted octanol–water partition coefficient (Wildman–Crippen LogP) is 2.69. The van der Waals surface area contributed by atoms with Crippen molar-refractivity contribution in [3.63, 3.8) is 0 Å². The summed E-state index contributed by atoms with van der Waals surface area (Å²) in [5, 5.41) is 11.1. The van der Waals surface area contributed by atoms with Crippen molar-refractivity contribution in [2.45, 2.75) is 18.4 Å². The van der Waals surface area contributed by atoms with E-state index in [-0.39, 0.29) is 12.4 Å². The molecule has 0 spiro atoms. The van der Waals surface area contributed by atoms with Crippen LogP contribution in [0.2, 0.25) is 5.02 Å². The number of nitro groups is 1. The Labute approximate surface area is 135 Å². The summed E-state index contributed by atoms with van der Waals surface area (Å²) >= 11 is 4.94. The van der Waals surface area contributed by atoms with E-state index < -0.39 is 16.1 Å². The highest BCUT2D eigenvalue weighted by molar-refractivity contribution is 7.91. The molecule has 22 heavy (non-hydrogen) atoms. The zero-order valence-electron chi connectivity index (χ0n) is 12.0. The summed E-state index contributed by atoms with van der Waals surface area (Å²) in [5.41, 5.74) is 0. The van der Waals surface area contributed by atoms with Crippen molar-refractivity contribution in [2.75, 3.05) is 5.75 Å². The molecule has 9 heteroatoms. The number of hydrogen-bond acceptors (Lipinski definition) is 5. The molecule has 1 heterocycles. The van der Waals surface area contributed by atoms with Gasteiger partial charge in [-0.05, 0) is 35.2 Å². The molecule has 0 N–H and O–H groups in total. The lowest BCUT2D eigenvalue weighted by Gasteiger charge is -2.11. The van der Waals surface area contributed by atoms with Crippen molar-refractivity contribution in [1.29, 1.82) is 0 Å². The molecule has 0 aliphatic carbocycles. The van der Waals surface area contributed by atoms with Gasteiger partial charge in [0.2, 0.25) is 5.82 Å². The fourth-order valence-electron chi connectivity index (χ4n) is 1.80. The van der Waals surface area contributed by atoms with Crippen LogP contribution in [0, 0.1) is 10.1 Å². The van der Waals surface area contributed by atoms with Crippen LogP contribution in [-0.4, -0.2) is 24.8 Å². The van der Waals surface area contributed by atoms with Gasteiger partial charge in [0.15, 0.2) is 11.5 Å². The summed E-state index contributed by atoms with van der Waals surface area (Å²) in [6.07, 6.45) is 1.18. The molecule has 1 aromatic heterocycles. The van der Waals surface area contributed by atoms with Gasteiger partial charge in [-0.25, -0.2) is 9.55 Å². The molecule has 7 nitrogen and oxygen atoms in total. The molecule has 1 aromatic carbocycles. The quantitative estimate of drug-likeness (QED) is 0.456. The van der Waals surface area contributed by atoms with Crippen LogP contribution >= 0.6 is 11.6 Å². The largest absolute Gasteiger partial charge is 0.611 e. The van der Waals surface area contributed by atoms with E-state index in [1.54, 1.807) is 25.2 Å². The number of nitrogens with zero attached hydrogens (tertiary/aromatic N) is 3. The average molecular weight is 344 g/mol. The van der Waals surface area contributed by atoms with Crippen molar-refractivity contribution >= 4 is 28.6 Å². The minimum absolute atomic E-state index is 0.0664. The van der Waals surface area contributed by atoms with Crippen LogP contribution in [0.3, 0.4) is 0 Å². The van der Waals surface area contributed by atoms with Crippen LogP contribution in [0.1, 0.15) is 12.7 Å². The topological polar surface area (TPSA) is 93.2 Å². The van der Waals surface area contributed by atoms with Gasteiger partial charge in [0, 0.05) is 6.07 Å². The Bertz CT molecular complexity index is 692. The molecule has 0 amide bonds. The average Bonchev–Trinajstić information content (AvgIpc) is 2.85. The third-order valence-electron chi connectivity index (χ3n) is 3.03. The monoisotopic (exact) mass is 343 g/mol. The molecular weight excluding hydrogens is 330 g/mol. The highest BCUT2D eigenvalue weighted by atomic mass is 35.5. The fraction of sp³-hybridized carbons (Fsp3) is 0.308. The third kappa shape index (κ3) is 3.52. The molecule has 0 aliphatic rings. The lowest BCUT2D eigenvalue weighted by Crippen LogP contribution is -2.07. The van der Waals surface area contributed by atoms with E-state index in [9.17, 15) is 14.7 Å². The normalized spacial score (nSPS) is 12.2. The van der Waals surface area contributed by atoms with E-state index in [4.69, 9.17) is 16.3 Å². The van der Waals surface area contributed by atoms with E-state index in [1.165, 1.54) is 10.8 Å². The lowest BCUT2D eigenvalue weighted by molar-refractivity contribution is -0.391. The molecule has 0 aliphatic heterocycles. The SMILES string of the molecule is CC[S+]([O-])c1ccc(OCc2ncc([N+](=O)[O-])n2C)cc1Cl. The molecule has 0 saturated carbocycles. The minimum atomic E-state index is -1.13. The summed E-state index contributed by atoms with van der Waals surface area (Å²) in [4.78, 5) is 14.7. The van der Waals surface area contributed by atoms with Crippen LogP contribution < -0.4 is 4.74 Å². The number of halogens is 1. The van der Waals surface area contributed by atoms with Crippen molar-refractivity contribution < 1.29 is 14.2 Å². The number of ether oxygens (including phenoxy) is 1. The molecule has 0 saturated heterocycles. The molecular formula is C13H14ClN3O4S. The maximum absolute atomic E-state index is 11.7. The number of aromatic nitrogens is 2. The highest BCUT2D eigenvalue weighted by Crippen LogP contribution is 2.27. The summed E-state index contributed by atoms with van der Waals surface area (Å²) in [5.74, 6) is 1.28. The molecule has 0 fully saturated rings. The Hall–Kier alpha value is -1.77. The Balaban J connectivity index is 2.09. The maximum atomic E-state index is 11.7. The van der Waals surface area contributed by atoms with Gasteiger partial charge in [0.25, 0.3) is 0 Å². The van der Waals surface area contributed by atoms with Crippen LogP contribution in [0.5, 0.6) is 5.75 Å². The van der Waals surface area contributed by atoms with E-state index in [0.29, 0.717) is 27.2 Å². The first kappa shape index (κ1) is 16.6. The van der Waals surface area contributed by atoms with Crippen molar-refractivity contribution in [2.24, 2.45) is 7.05 Å². The van der Waals surface area contributed by atoms with Gasteiger partial charge in [-0.15, -0.1) is 0 Å². The van der Waals surface area contributed by atoms with Crippen molar-refractivity contribution in [3.8, 4) is 5.75 Å². The van der Waals surface area contributed by atoms with Gasteiger partial charge < -0.3 is 19.4 Å². The van der Waals surface area contributed by atoms with Gasteiger partial charge in [-0.2, -0.15) is 0 Å². The van der Waals surface area contributed by atoms with Crippen LogP contribution in [-0.2, 0) is 24.8 Å². The Morgan fingerprint density at radius 1 is 1.50 bits per heavy atom. The molecule has 0 radical (unpaired) electrons. The number of imidazole rings is 1. The van der Waals surface area contributed by atoms with E-state index in [2.05, 4.69) is 4.98 Å². The molecule has 2 aromatic rings. The van der Waals surface area contributed by atoms with Crippen molar-refractivity contribution in [1.82, 2.24) is 9.55 Å². The second-order valence-corrected chi connectivity index (χ2v) is 6.48. The molecule has 0 bridgehead atoms. The highest BCUT2D eigenvalue weighted by Gasteiger charge is 2.18. The van der Waals surface area contributed by atoms with Gasteiger partial charge in [-0.3, -0.25) is 0 Å². The van der Waals surface area contributed by atoms with Crippen LogP contribution in [0.4, 0.5) is 5.82 Å². The first-order chi connectivity index (χ1) is 10.4. The van der Waals surface area contributed by atoms with Gasteiger partial charge in [0.05, 0.1) is 12.1 Å². The van der Waals surface area contributed by atoms with Gasteiger partial charge >= 0.3 is 5.82 Å². The smallest absolute Gasteiger partial charge is 0.342 e. The summed E-state index contributed by atoms with van der Waals surface area (Å²) in [6.45, 7) is 1.88. The Morgan fingerprint density at radius 2 is 2.23 bits per heavy atom. The Kier molecular flexibility index (Phi) is 5.28. The predicted molar refractivity (Wildman–Crippen MR) is 82.6 cm³/mol. The number of rotatable bonds is 6.